The molecule has 5 nitrogen and oxygen atoms in total. The molecule has 1 aliphatic heterocycles. The van der Waals surface area contributed by atoms with E-state index in [0.717, 1.165) is 6.54 Å². The first-order chi connectivity index (χ1) is 9.48. The molecular formula is C14H29NO4S2. The lowest BCUT2D eigenvalue weighted by atomic mass is 9.89. The maximum Gasteiger partial charge on any atom is 0.155 e. The van der Waals surface area contributed by atoms with Crippen LogP contribution in [0.4, 0.5) is 0 Å². The lowest BCUT2D eigenvalue weighted by Gasteiger charge is -2.25. The molecule has 0 aromatic heterocycles. The lowest BCUT2D eigenvalue weighted by molar-refractivity contribution is 0.338. The van der Waals surface area contributed by atoms with E-state index in [1.165, 1.54) is 0 Å². The zero-order valence-corrected chi connectivity index (χ0v) is 15.2. The van der Waals surface area contributed by atoms with Crippen LogP contribution in [0.3, 0.4) is 0 Å². The third-order valence-electron chi connectivity index (χ3n) is 4.28. The molecule has 0 radical (unpaired) electrons. The van der Waals surface area contributed by atoms with Crippen LogP contribution in [0.5, 0.6) is 0 Å². The average molecular weight is 340 g/mol. The maximum atomic E-state index is 12.2. The van der Waals surface area contributed by atoms with E-state index in [9.17, 15) is 16.8 Å². The summed E-state index contributed by atoms with van der Waals surface area (Å²) in [5.74, 6) is 0.775. The van der Waals surface area contributed by atoms with Crippen molar-refractivity contribution in [3.63, 3.8) is 0 Å². The van der Waals surface area contributed by atoms with Gasteiger partial charge in [0.25, 0.3) is 0 Å². The zero-order valence-electron chi connectivity index (χ0n) is 13.6. The van der Waals surface area contributed by atoms with E-state index < -0.39 is 24.4 Å². The second kappa shape index (κ2) is 6.96. The molecular weight excluding hydrogens is 310 g/mol. The molecule has 1 aliphatic rings. The highest BCUT2D eigenvalue weighted by Gasteiger charge is 2.35. The number of nitrogens with one attached hydrogen (secondary N) is 1. The van der Waals surface area contributed by atoms with Crippen molar-refractivity contribution in [2.24, 2.45) is 11.8 Å². The molecule has 0 amide bonds. The van der Waals surface area contributed by atoms with Gasteiger partial charge in [-0.2, -0.15) is 0 Å². The molecule has 21 heavy (non-hydrogen) atoms. The average Bonchev–Trinajstić information content (AvgIpc) is 2.68. The molecule has 0 bridgehead atoms. The second-order valence-electron chi connectivity index (χ2n) is 6.95. The van der Waals surface area contributed by atoms with Crippen molar-refractivity contribution in [3.05, 3.63) is 0 Å². The van der Waals surface area contributed by atoms with Gasteiger partial charge < -0.3 is 5.32 Å². The Bertz CT molecular complexity index is 532. The van der Waals surface area contributed by atoms with E-state index in [2.05, 4.69) is 5.32 Å². The Morgan fingerprint density at radius 3 is 2.33 bits per heavy atom. The SMILES string of the molecule is CCNCC(CCS(=O)(=O)C(C)(C)C)C1CCS(=O)(=O)C1. The van der Waals surface area contributed by atoms with E-state index in [-0.39, 0.29) is 29.1 Å². The lowest BCUT2D eigenvalue weighted by Crippen LogP contribution is -2.34. The Morgan fingerprint density at radius 2 is 1.90 bits per heavy atom. The summed E-state index contributed by atoms with van der Waals surface area (Å²) >= 11 is 0. The summed E-state index contributed by atoms with van der Waals surface area (Å²) in [7, 11) is -6.08. The molecule has 0 saturated carbocycles. The van der Waals surface area contributed by atoms with E-state index >= 15 is 0 Å². The number of hydrogen-bond acceptors (Lipinski definition) is 5. The minimum Gasteiger partial charge on any atom is -0.317 e. The molecule has 126 valence electrons. The standard InChI is InChI=1S/C14H29NO4S2/c1-5-15-10-12(13-6-8-20(16,17)11-13)7-9-21(18,19)14(2,3)4/h12-13,15H,5-11H2,1-4H3. The van der Waals surface area contributed by atoms with Crippen LogP contribution < -0.4 is 5.32 Å². The van der Waals surface area contributed by atoms with Gasteiger partial charge >= 0.3 is 0 Å². The number of hydrogen-bond donors (Lipinski definition) is 1. The van der Waals surface area contributed by atoms with Crippen molar-refractivity contribution < 1.29 is 16.8 Å². The minimum atomic E-state index is -3.15. The van der Waals surface area contributed by atoms with Crippen LogP contribution in [-0.4, -0.2) is 51.9 Å². The van der Waals surface area contributed by atoms with Crippen molar-refractivity contribution in [1.82, 2.24) is 5.32 Å². The summed E-state index contributed by atoms with van der Waals surface area (Å²) < 4.78 is 47.0. The summed E-state index contributed by atoms with van der Waals surface area (Å²) in [5, 5.41) is 3.24. The van der Waals surface area contributed by atoms with Gasteiger partial charge in [0.15, 0.2) is 19.7 Å². The molecule has 1 rings (SSSR count). The van der Waals surface area contributed by atoms with Gasteiger partial charge in [-0.25, -0.2) is 16.8 Å². The Labute approximate surface area is 129 Å². The summed E-state index contributed by atoms with van der Waals surface area (Å²) in [5.41, 5.74) is 0. The van der Waals surface area contributed by atoms with Crippen LogP contribution in [0, 0.1) is 11.8 Å². The van der Waals surface area contributed by atoms with Gasteiger partial charge in [-0.3, -0.25) is 0 Å². The monoisotopic (exact) mass is 339 g/mol. The van der Waals surface area contributed by atoms with Crippen LogP contribution in [0.1, 0.15) is 40.5 Å². The highest BCUT2D eigenvalue weighted by Crippen LogP contribution is 2.29. The largest absolute Gasteiger partial charge is 0.317 e. The molecule has 2 unspecified atom stereocenters. The van der Waals surface area contributed by atoms with Crippen LogP contribution in [0.15, 0.2) is 0 Å². The Kier molecular flexibility index (Phi) is 6.27. The fraction of sp³-hybridized carbons (Fsp3) is 1.00. The second-order valence-corrected chi connectivity index (χ2v) is 12.0. The molecule has 7 heteroatoms. The first-order valence-corrected chi connectivity index (χ1v) is 11.1. The Balaban J connectivity index is 2.72. The van der Waals surface area contributed by atoms with Crippen molar-refractivity contribution in [2.75, 3.05) is 30.3 Å². The molecule has 0 aromatic carbocycles. The maximum absolute atomic E-state index is 12.2. The quantitative estimate of drug-likeness (QED) is 0.755. The molecule has 2 atom stereocenters. The molecule has 0 aliphatic carbocycles. The molecule has 1 saturated heterocycles. The molecule has 0 spiro atoms. The summed E-state index contributed by atoms with van der Waals surface area (Å²) in [6.45, 7) is 8.62. The van der Waals surface area contributed by atoms with Gasteiger partial charge in [0.1, 0.15) is 0 Å². The fourth-order valence-electron chi connectivity index (χ4n) is 2.64. The first kappa shape index (κ1) is 18.9. The van der Waals surface area contributed by atoms with E-state index in [4.69, 9.17) is 0 Å². The van der Waals surface area contributed by atoms with Gasteiger partial charge in [0.2, 0.25) is 0 Å². The summed E-state index contributed by atoms with van der Waals surface area (Å²) in [4.78, 5) is 0. The van der Waals surface area contributed by atoms with Crippen LogP contribution >= 0.6 is 0 Å². The van der Waals surface area contributed by atoms with Crippen LogP contribution in [0.2, 0.25) is 0 Å². The van der Waals surface area contributed by atoms with E-state index in [1.54, 1.807) is 20.8 Å². The molecule has 0 aromatic rings. The number of sulfone groups is 2. The van der Waals surface area contributed by atoms with Gasteiger partial charge in [-0.05, 0) is 58.5 Å². The molecule has 1 N–H and O–H groups in total. The third-order valence-corrected chi connectivity index (χ3v) is 8.71. The topological polar surface area (TPSA) is 80.3 Å². The van der Waals surface area contributed by atoms with Gasteiger partial charge in [-0.1, -0.05) is 6.92 Å². The zero-order chi connectivity index (χ0) is 16.3. The van der Waals surface area contributed by atoms with E-state index in [0.29, 0.717) is 19.4 Å². The third kappa shape index (κ3) is 5.53. The van der Waals surface area contributed by atoms with Crippen LogP contribution in [-0.2, 0) is 19.7 Å². The van der Waals surface area contributed by atoms with Crippen molar-refractivity contribution in [1.29, 1.82) is 0 Å². The normalized spacial score (nSPS) is 24.1. The van der Waals surface area contributed by atoms with Crippen LogP contribution in [0.25, 0.3) is 0 Å². The highest BCUT2D eigenvalue weighted by atomic mass is 32.2. The van der Waals surface area contributed by atoms with Crippen molar-refractivity contribution in [3.8, 4) is 0 Å². The summed E-state index contributed by atoms with van der Waals surface area (Å²) in [6, 6.07) is 0. The number of rotatable bonds is 7. The van der Waals surface area contributed by atoms with Gasteiger partial charge in [0, 0.05) is 0 Å². The summed E-state index contributed by atoms with van der Waals surface area (Å²) in [6.07, 6.45) is 1.20. The fourth-order valence-corrected chi connectivity index (χ4v) is 5.79. The first-order valence-electron chi connectivity index (χ1n) is 7.62. The smallest absolute Gasteiger partial charge is 0.155 e. The van der Waals surface area contributed by atoms with Crippen molar-refractivity contribution >= 4 is 19.7 Å². The minimum absolute atomic E-state index is 0.0872. The highest BCUT2D eigenvalue weighted by molar-refractivity contribution is 7.92. The van der Waals surface area contributed by atoms with E-state index in [1.807, 2.05) is 6.92 Å². The van der Waals surface area contributed by atoms with Crippen molar-refractivity contribution in [2.45, 2.75) is 45.3 Å². The van der Waals surface area contributed by atoms with Gasteiger partial charge in [0.05, 0.1) is 22.0 Å². The van der Waals surface area contributed by atoms with Gasteiger partial charge in [-0.15, -0.1) is 0 Å². The predicted octanol–water partition coefficient (Wildman–Crippen LogP) is 1.25. The predicted molar refractivity (Wildman–Crippen MR) is 87.0 cm³/mol. The molecule has 1 heterocycles. The Morgan fingerprint density at radius 1 is 1.29 bits per heavy atom. The Hall–Kier alpha value is -0.140. The molecule has 1 fully saturated rings.